The Morgan fingerprint density at radius 3 is 2.32 bits per heavy atom. The Labute approximate surface area is 114 Å². The van der Waals surface area contributed by atoms with Crippen LogP contribution in [0.5, 0.6) is 5.75 Å². The molecular formula is C17H20O2. The third-order valence-corrected chi connectivity index (χ3v) is 3.44. The number of rotatable bonds is 5. The summed E-state index contributed by atoms with van der Waals surface area (Å²) in [6.45, 7) is 2.13. The molecule has 0 heterocycles. The first-order valence-electron chi connectivity index (χ1n) is 6.58. The first-order valence-corrected chi connectivity index (χ1v) is 6.58. The Kier molecular flexibility index (Phi) is 4.58. The Balaban J connectivity index is 2.11. The molecule has 2 unspecified atom stereocenters. The Bertz CT molecular complexity index is 508. The van der Waals surface area contributed by atoms with Crippen LogP contribution in [0, 0.1) is 0 Å². The number of aliphatic hydroxyl groups excluding tert-OH is 1. The largest absolute Gasteiger partial charge is 0.496 e. The van der Waals surface area contributed by atoms with Gasteiger partial charge in [0.2, 0.25) is 0 Å². The van der Waals surface area contributed by atoms with Crippen LogP contribution in [0.3, 0.4) is 0 Å². The zero-order valence-electron chi connectivity index (χ0n) is 11.4. The maximum Gasteiger partial charge on any atom is 0.124 e. The van der Waals surface area contributed by atoms with Crippen molar-refractivity contribution in [3.63, 3.8) is 0 Å². The van der Waals surface area contributed by atoms with Crippen LogP contribution < -0.4 is 4.74 Å². The van der Waals surface area contributed by atoms with Gasteiger partial charge in [-0.2, -0.15) is 0 Å². The third kappa shape index (κ3) is 3.36. The van der Waals surface area contributed by atoms with Crippen LogP contribution in [0.4, 0.5) is 0 Å². The molecule has 0 aliphatic carbocycles. The minimum atomic E-state index is -0.508. The highest BCUT2D eigenvalue weighted by molar-refractivity contribution is 5.35. The van der Waals surface area contributed by atoms with Gasteiger partial charge in [0.05, 0.1) is 13.2 Å². The molecule has 0 fully saturated rings. The number of hydrogen-bond acceptors (Lipinski definition) is 2. The molecule has 2 atom stereocenters. The van der Waals surface area contributed by atoms with E-state index < -0.39 is 6.10 Å². The fourth-order valence-electron chi connectivity index (χ4n) is 2.32. The minimum absolute atomic E-state index is 0.307. The molecule has 0 saturated heterocycles. The van der Waals surface area contributed by atoms with E-state index in [1.165, 1.54) is 5.56 Å². The number of aliphatic hydroxyl groups is 1. The van der Waals surface area contributed by atoms with E-state index in [1.54, 1.807) is 7.11 Å². The van der Waals surface area contributed by atoms with E-state index in [0.29, 0.717) is 12.3 Å². The van der Waals surface area contributed by atoms with Crippen molar-refractivity contribution >= 4 is 0 Å². The van der Waals surface area contributed by atoms with Gasteiger partial charge in [-0.3, -0.25) is 0 Å². The highest BCUT2D eigenvalue weighted by Crippen LogP contribution is 2.32. The van der Waals surface area contributed by atoms with Crippen molar-refractivity contribution in [3.8, 4) is 5.75 Å². The Morgan fingerprint density at radius 1 is 1.00 bits per heavy atom. The van der Waals surface area contributed by atoms with Gasteiger partial charge in [-0.15, -0.1) is 0 Å². The van der Waals surface area contributed by atoms with Crippen molar-refractivity contribution in [2.24, 2.45) is 0 Å². The average Bonchev–Trinajstić information content (AvgIpc) is 2.48. The first-order chi connectivity index (χ1) is 9.22. The van der Waals surface area contributed by atoms with Gasteiger partial charge in [-0.05, 0) is 24.0 Å². The fourth-order valence-corrected chi connectivity index (χ4v) is 2.32. The zero-order valence-corrected chi connectivity index (χ0v) is 11.4. The summed E-state index contributed by atoms with van der Waals surface area (Å²) in [6, 6.07) is 17.9. The number of hydrogen-bond donors (Lipinski definition) is 1. The van der Waals surface area contributed by atoms with E-state index >= 15 is 0 Å². The standard InChI is InChI=1S/C17H20O2/c1-13(14-8-4-3-5-9-14)12-16(18)15-10-6-7-11-17(15)19-2/h3-11,13,16,18H,12H2,1-2H3. The molecule has 2 aromatic carbocycles. The Morgan fingerprint density at radius 2 is 1.63 bits per heavy atom. The van der Waals surface area contributed by atoms with Crippen molar-refractivity contribution in [1.82, 2.24) is 0 Å². The van der Waals surface area contributed by atoms with Crippen molar-refractivity contribution in [1.29, 1.82) is 0 Å². The zero-order chi connectivity index (χ0) is 13.7. The van der Waals surface area contributed by atoms with Gasteiger partial charge in [-0.1, -0.05) is 55.5 Å². The highest BCUT2D eigenvalue weighted by Gasteiger charge is 2.16. The summed E-state index contributed by atoms with van der Waals surface area (Å²) in [4.78, 5) is 0. The highest BCUT2D eigenvalue weighted by atomic mass is 16.5. The molecule has 2 aromatic rings. The van der Waals surface area contributed by atoms with Crippen LogP contribution in [-0.2, 0) is 0 Å². The molecule has 2 nitrogen and oxygen atoms in total. The van der Waals surface area contributed by atoms with Gasteiger partial charge in [0.25, 0.3) is 0 Å². The van der Waals surface area contributed by atoms with Crippen molar-refractivity contribution in [3.05, 3.63) is 65.7 Å². The quantitative estimate of drug-likeness (QED) is 0.878. The lowest BCUT2D eigenvalue weighted by molar-refractivity contribution is 0.155. The van der Waals surface area contributed by atoms with Crippen molar-refractivity contribution in [2.75, 3.05) is 7.11 Å². The number of ether oxygens (including phenoxy) is 1. The van der Waals surface area contributed by atoms with Gasteiger partial charge in [0.15, 0.2) is 0 Å². The van der Waals surface area contributed by atoms with E-state index in [4.69, 9.17) is 4.74 Å². The van der Waals surface area contributed by atoms with Crippen LogP contribution in [0.2, 0.25) is 0 Å². The van der Waals surface area contributed by atoms with E-state index in [9.17, 15) is 5.11 Å². The molecule has 0 amide bonds. The average molecular weight is 256 g/mol. The second-order valence-electron chi connectivity index (χ2n) is 4.81. The van der Waals surface area contributed by atoms with Crippen molar-refractivity contribution in [2.45, 2.75) is 25.4 Å². The first kappa shape index (κ1) is 13.6. The maximum absolute atomic E-state index is 10.4. The molecule has 1 N–H and O–H groups in total. The lowest BCUT2D eigenvalue weighted by Gasteiger charge is -2.19. The SMILES string of the molecule is COc1ccccc1C(O)CC(C)c1ccccc1. The Hall–Kier alpha value is -1.80. The molecule has 0 spiro atoms. The van der Waals surface area contributed by atoms with Crippen LogP contribution in [0.25, 0.3) is 0 Å². The minimum Gasteiger partial charge on any atom is -0.496 e. The van der Waals surface area contributed by atoms with Crippen LogP contribution >= 0.6 is 0 Å². The molecule has 0 aromatic heterocycles. The smallest absolute Gasteiger partial charge is 0.124 e. The number of methoxy groups -OCH3 is 1. The van der Waals surface area contributed by atoms with Crippen molar-refractivity contribution < 1.29 is 9.84 Å². The third-order valence-electron chi connectivity index (χ3n) is 3.44. The van der Waals surface area contributed by atoms with Crippen LogP contribution in [0.1, 0.15) is 36.5 Å². The second-order valence-corrected chi connectivity index (χ2v) is 4.81. The summed E-state index contributed by atoms with van der Waals surface area (Å²) >= 11 is 0. The normalized spacial score (nSPS) is 13.8. The van der Waals surface area contributed by atoms with Gasteiger partial charge in [0.1, 0.15) is 5.75 Å². The molecule has 100 valence electrons. The number of para-hydroxylation sites is 1. The molecule has 0 radical (unpaired) electrons. The predicted octanol–water partition coefficient (Wildman–Crippen LogP) is 3.92. The second kappa shape index (κ2) is 6.39. The molecule has 0 bridgehead atoms. The van der Waals surface area contributed by atoms with Gasteiger partial charge in [0, 0.05) is 5.56 Å². The summed E-state index contributed by atoms with van der Waals surface area (Å²) in [5, 5.41) is 10.4. The van der Waals surface area contributed by atoms with Gasteiger partial charge >= 0.3 is 0 Å². The van der Waals surface area contributed by atoms with E-state index in [-0.39, 0.29) is 0 Å². The molecule has 19 heavy (non-hydrogen) atoms. The summed E-state index contributed by atoms with van der Waals surface area (Å²) in [6.07, 6.45) is 0.177. The molecule has 0 aliphatic heterocycles. The lowest BCUT2D eigenvalue weighted by atomic mass is 9.92. The summed E-state index contributed by atoms with van der Waals surface area (Å²) < 4.78 is 5.29. The molecular weight excluding hydrogens is 236 g/mol. The van der Waals surface area contributed by atoms with E-state index in [2.05, 4.69) is 19.1 Å². The lowest BCUT2D eigenvalue weighted by Crippen LogP contribution is -2.05. The van der Waals surface area contributed by atoms with E-state index in [0.717, 1.165) is 11.3 Å². The van der Waals surface area contributed by atoms with E-state index in [1.807, 2.05) is 42.5 Å². The fraction of sp³-hybridized carbons (Fsp3) is 0.294. The van der Waals surface area contributed by atoms with Gasteiger partial charge in [-0.25, -0.2) is 0 Å². The molecule has 2 heteroatoms. The monoisotopic (exact) mass is 256 g/mol. The maximum atomic E-state index is 10.4. The molecule has 0 aliphatic rings. The topological polar surface area (TPSA) is 29.5 Å². The van der Waals surface area contributed by atoms with Crippen LogP contribution in [0.15, 0.2) is 54.6 Å². The van der Waals surface area contributed by atoms with Crippen LogP contribution in [-0.4, -0.2) is 12.2 Å². The van der Waals surface area contributed by atoms with Gasteiger partial charge < -0.3 is 9.84 Å². The molecule has 0 saturated carbocycles. The number of benzene rings is 2. The molecule has 2 rings (SSSR count). The summed E-state index contributed by atoms with van der Waals surface area (Å²) in [5.74, 6) is 1.05. The summed E-state index contributed by atoms with van der Waals surface area (Å²) in [5.41, 5.74) is 2.10. The summed E-state index contributed by atoms with van der Waals surface area (Å²) in [7, 11) is 1.63. The predicted molar refractivity (Wildman–Crippen MR) is 77.4 cm³/mol.